The maximum absolute atomic E-state index is 9.44. The molecule has 0 saturated carbocycles. The van der Waals surface area contributed by atoms with E-state index < -0.39 is 12.1 Å². The zero-order valence-electron chi connectivity index (χ0n) is 10.7. The molecule has 0 saturated heterocycles. The molecule has 7 heteroatoms. The van der Waals surface area contributed by atoms with Gasteiger partial charge in [-0.3, -0.25) is 0 Å². The fourth-order valence-electron chi connectivity index (χ4n) is 2.05. The third-order valence-electron chi connectivity index (χ3n) is 3.13. The van der Waals surface area contributed by atoms with E-state index in [2.05, 4.69) is 0 Å². The first-order chi connectivity index (χ1) is 9.81. The molecular formula is C14H13Cl3N2O2. The Morgan fingerprint density at radius 1 is 0.762 bits per heavy atom. The molecular weight excluding hydrogens is 335 g/mol. The van der Waals surface area contributed by atoms with Crippen molar-refractivity contribution in [1.29, 1.82) is 0 Å². The van der Waals surface area contributed by atoms with Gasteiger partial charge in [-0.2, -0.15) is 0 Å². The summed E-state index contributed by atoms with van der Waals surface area (Å²) in [6.45, 7) is 0. The van der Waals surface area contributed by atoms with Crippen LogP contribution in [0.3, 0.4) is 0 Å². The molecule has 0 amide bonds. The van der Waals surface area contributed by atoms with E-state index in [4.69, 9.17) is 46.3 Å². The Balaban J connectivity index is 2.42. The zero-order chi connectivity index (χ0) is 15.7. The van der Waals surface area contributed by atoms with Crippen molar-refractivity contribution in [3.63, 3.8) is 0 Å². The number of nitrogens with two attached hydrogens (primary N) is 2. The van der Waals surface area contributed by atoms with Crippen molar-refractivity contribution < 1.29 is 10.2 Å². The number of aromatic hydroxyl groups is 2. The number of halogens is 3. The van der Waals surface area contributed by atoms with Gasteiger partial charge in [0, 0.05) is 10.6 Å². The van der Waals surface area contributed by atoms with Crippen LogP contribution in [0.25, 0.3) is 0 Å². The van der Waals surface area contributed by atoms with E-state index in [0.29, 0.717) is 16.1 Å². The maximum Gasteiger partial charge on any atom is 0.118 e. The molecule has 0 aliphatic rings. The summed E-state index contributed by atoms with van der Waals surface area (Å²) >= 11 is 18.2. The highest BCUT2D eigenvalue weighted by molar-refractivity contribution is 6.36. The molecule has 0 fully saturated rings. The van der Waals surface area contributed by atoms with Gasteiger partial charge in [0.25, 0.3) is 0 Å². The van der Waals surface area contributed by atoms with Crippen LogP contribution in [0, 0.1) is 0 Å². The Bertz CT molecular complexity index is 656. The summed E-state index contributed by atoms with van der Waals surface area (Å²) in [5, 5.41) is 19.5. The van der Waals surface area contributed by atoms with E-state index in [-0.39, 0.29) is 21.5 Å². The zero-order valence-corrected chi connectivity index (χ0v) is 13.0. The molecule has 2 aromatic carbocycles. The van der Waals surface area contributed by atoms with Crippen molar-refractivity contribution in [1.82, 2.24) is 0 Å². The molecule has 0 heterocycles. The predicted molar refractivity (Wildman–Crippen MR) is 85.1 cm³/mol. The molecule has 6 N–H and O–H groups in total. The molecule has 2 aromatic rings. The molecule has 0 bridgehead atoms. The lowest BCUT2D eigenvalue weighted by Crippen LogP contribution is -2.27. The Morgan fingerprint density at radius 2 is 1.29 bits per heavy atom. The van der Waals surface area contributed by atoms with Gasteiger partial charge in [-0.05, 0) is 29.8 Å². The van der Waals surface area contributed by atoms with E-state index in [1.54, 1.807) is 6.07 Å². The number of hydrogen-bond acceptors (Lipinski definition) is 4. The molecule has 4 nitrogen and oxygen atoms in total. The van der Waals surface area contributed by atoms with Crippen LogP contribution in [0.2, 0.25) is 15.1 Å². The highest BCUT2D eigenvalue weighted by Gasteiger charge is 2.24. The van der Waals surface area contributed by atoms with Crippen LogP contribution < -0.4 is 11.5 Å². The Kier molecular flexibility index (Phi) is 4.86. The summed E-state index contributed by atoms with van der Waals surface area (Å²) in [6.07, 6.45) is 0. The molecule has 0 unspecified atom stereocenters. The number of hydrogen-bond donors (Lipinski definition) is 4. The average molecular weight is 348 g/mol. The molecule has 0 aliphatic heterocycles. The monoisotopic (exact) mass is 346 g/mol. The Labute approximate surface area is 136 Å². The van der Waals surface area contributed by atoms with Gasteiger partial charge in [-0.1, -0.05) is 40.9 Å². The number of phenols is 2. The van der Waals surface area contributed by atoms with Crippen molar-refractivity contribution in [2.75, 3.05) is 0 Å². The highest BCUT2D eigenvalue weighted by Crippen LogP contribution is 2.39. The first-order valence-corrected chi connectivity index (χ1v) is 7.12. The van der Waals surface area contributed by atoms with Crippen LogP contribution in [0.4, 0.5) is 0 Å². The third-order valence-corrected chi connectivity index (χ3v) is 4.08. The summed E-state index contributed by atoms with van der Waals surface area (Å²) in [7, 11) is 0. The van der Waals surface area contributed by atoms with Gasteiger partial charge in [0.1, 0.15) is 11.5 Å². The lowest BCUT2D eigenvalue weighted by Gasteiger charge is -2.23. The molecule has 2 atom stereocenters. The van der Waals surface area contributed by atoms with Gasteiger partial charge in [-0.25, -0.2) is 0 Å². The Hall–Kier alpha value is -1.17. The second kappa shape index (κ2) is 6.30. The first-order valence-electron chi connectivity index (χ1n) is 5.98. The largest absolute Gasteiger partial charge is 0.508 e. The van der Waals surface area contributed by atoms with Crippen molar-refractivity contribution in [3.05, 3.63) is 56.5 Å². The third kappa shape index (κ3) is 3.36. The average Bonchev–Trinajstić information content (AvgIpc) is 2.36. The fraction of sp³-hybridized carbons (Fsp3) is 0.143. The summed E-state index contributed by atoms with van der Waals surface area (Å²) in [5.74, 6) is -0.0255. The van der Waals surface area contributed by atoms with Gasteiger partial charge in [0.2, 0.25) is 0 Å². The van der Waals surface area contributed by atoms with Crippen molar-refractivity contribution >= 4 is 34.8 Å². The summed E-state index contributed by atoms with van der Waals surface area (Å²) in [5.41, 5.74) is 13.2. The molecule has 0 aliphatic carbocycles. The molecule has 0 aromatic heterocycles. The molecule has 0 spiro atoms. The molecule has 112 valence electrons. The number of rotatable bonds is 3. The van der Waals surface area contributed by atoms with E-state index in [1.807, 2.05) is 0 Å². The standard InChI is InChI=1S/C14H13Cl3N2O2/c15-9-3-6(20)1-2-8(9)13(18)14(19)12-10(16)4-7(21)5-11(12)17/h1-5,13-14,20-21H,18-19H2/t13-,14+/m1/s1. The lowest BCUT2D eigenvalue weighted by molar-refractivity contribution is 0.473. The molecule has 0 radical (unpaired) electrons. The van der Waals surface area contributed by atoms with Gasteiger partial charge in [0.05, 0.1) is 22.1 Å². The lowest BCUT2D eigenvalue weighted by atomic mass is 9.94. The van der Waals surface area contributed by atoms with Gasteiger partial charge < -0.3 is 21.7 Å². The predicted octanol–water partition coefficient (Wildman–Crippen LogP) is 3.76. The SMILES string of the molecule is N[C@H](c1ccc(O)cc1Cl)[C@@H](N)c1c(Cl)cc(O)cc1Cl. The van der Waals surface area contributed by atoms with E-state index >= 15 is 0 Å². The summed E-state index contributed by atoms with van der Waals surface area (Å²) < 4.78 is 0. The first kappa shape index (κ1) is 16.2. The van der Waals surface area contributed by atoms with Crippen LogP contribution in [0.1, 0.15) is 23.2 Å². The highest BCUT2D eigenvalue weighted by atomic mass is 35.5. The summed E-state index contributed by atoms with van der Waals surface area (Å²) in [4.78, 5) is 0. The van der Waals surface area contributed by atoms with Crippen LogP contribution in [-0.2, 0) is 0 Å². The van der Waals surface area contributed by atoms with Crippen LogP contribution in [0.15, 0.2) is 30.3 Å². The number of benzene rings is 2. The van der Waals surface area contributed by atoms with E-state index in [1.165, 1.54) is 24.3 Å². The van der Waals surface area contributed by atoms with Crippen molar-refractivity contribution in [2.45, 2.75) is 12.1 Å². The maximum atomic E-state index is 9.44. The number of phenolic OH excluding ortho intramolecular Hbond substituents is 2. The van der Waals surface area contributed by atoms with E-state index in [0.717, 1.165) is 0 Å². The van der Waals surface area contributed by atoms with Crippen LogP contribution in [0.5, 0.6) is 11.5 Å². The summed E-state index contributed by atoms with van der Waals surface area (Å²) in [6, 6.07) is 5.70. The Morgan fingerprint density at radius 3 is 1.81 bits per heavy atom. The van der Waals surface area contributed by atoms with Crippen molar-refractivity contribution in [3.8, 4) is 11.5 Å². The van der Waals surface area contributed by atoms with Crippen LogP contribution >= 0.6 is 34.8 Å². The quantitative estimate of drug-likeness (QED) is 0.680. The topological polar surface area (TPSA) is 92.5 Å². The van der Waals surface area contributed by atoms with Crippen LogP contribution in [-0.4, -0.2) is 10.2 Å². The second-order valence-electron chi connectivity index (χ2n) is 4.58. The van der Waals surface area contributed by atoms with Crippen molar-refractivity contribution in [2.24, 2.45) is 11.5 Å². The van der Waals surface area contributed by atoms with Gasteiger partial charge in [0.15, 0.2) is 0 Å². The minimum absolute atomic E-state index is 0.0326. The fourth-order valence-corrected chi connectivity index (χ4v) is 3.08. The second-order valence-corrected chi connectivity index (χ2v) is 5.80. The minimum atomic E-state index is -0.729. The molecule has 2 rings (SSSR count). The van der Waals surface area contributed by atoms with Gasteiger partial charge in [-0.15, -0.1) is 0 Å². The normalized spacial score (nSPS) is 14.0. The van der Waals surface area contributed by atoms with Gasteiger partial charge >= 0.3 is 0 Å². The van der Waals surface area contributed by atoms with E-state index in [9.17, 15) is 10.2 Å². The molecule has 21 heavy (non-hydrogen) atoms. The smallest absolute Gasteiger partial charge is 0.118 e. The minimum Gasteiger partial charge on any atom is -0.508 e.